The summed E-state index contributed by atoms with van der Waals surface area (Å²) in [5.74, 6) is -1.33. The molecule has 0 unspecified atom stereocenters. The van der Waals surface area contributed by atoms with E-state index in [1.54, 1.807) is 37.3 Å². The van der Waals surface area contributed by atoms with E-state index in [9.17, 15) is 14.4 Å². The van der Waals surface area contributed by atoms with Crippen molar-refractivity contribution in [3.05, 3.63) is 83.4 Å². The molecule has 0 radical (unpaired) electrons. The van der Waals surface area contributed by atoms with Crippen molar-refractivity contribution in [1.82, 2.24) is 5.32 Å². The van der Waals surface area contributed by atoms with Crippen LogP contribution in [0.1, 0.15) is 11.1 Å². The molecule has 1 aliphatic rings. The summed E-state index contributed by atoms with van der Waals surface area (Å²) in [6.45, 7) is 1.80. The Morgan fingerprint density at radius 2 is 1.60 bits per heavy atom. The number of amides is 4. The molecule has 0 bridgehead atoms. The average Bonchev–Trinajstić information content (AvgIpc) is 2.60. The molecule has 1 fully saturated rings. The van der Waals surface area contributed by atoms with Gasteiger partial charge in [-0.15, -0.1) is 0 Å². The van der Waals surface area contributed by atoms with E-state index in [-0.39, 0.29) is 5.57 Å². The highest BCUT2D eigenvalue weighted by Gasteiger charge is 2.36. The Balaban J connectivity index is 1.92. The van der Waals surface area contributed by atoms with Crippen molar-refractivity contribution in [3.63, 3.8) is 0 Å². The number of aryl methyl sites for hydroxylation is 1. The molecule has 3 rings (SSSR count). The second kappa shape index (κ2) is 6.97. The van der Waals surface area contributed by atoms with E-state index in [2.05, 4.69) is 5.32 Å². The van der Waals surface area contributed by atoms with Crippen LogP contribution in [0.5, 0.6) is 0 Å². The third-order valence-electron chi connectivity index (χ3n) is 3.81. The number of rotatable bonds is 3. The summed E-state index contributed by atoms with van der Waals surface area (Å²) in [5, 5.41) is 2.21. The van der Waals surface area contributed by atoms with Crippen molar-refractivity contribution in [2.45, 2.75) is 6.92 Å². The predicted molar refractivity (Wildman–Crippen MR) is 95.8 cm³/mol. The summed E-state index contributed by atoms with van der Waals surface area (Å²) in [6.07, 6.45) is 4.82. The Morgan fingerprint density at radius 1 is 0.920 bits per heavy atom. The first-order valence-electron chi connectivity index (χ1n) is 7.77. The zero-order chi connectivity index (χ0) is 17.8. The predicted octanol–water partition coefficient (Wildman–Crippen LogP) is 3.22. The van der Waals surface area contributed by atoms with Crippen molar-refractivity contribution >= 4 is 29.6 Å². The third kappa shape index (κ3) is 3.40. The molecule has 0 atom stereocenters. The first-order valence-corrected chi connectivity index (χ1v) is 7.77. The van der Waals surface area contributed by atoms with Gasteiger partial charge in [-0.2, -0.15) is 0 Å². The maximum Gasteiger partial charge on any atom is 0.335 e. The molecule has 0 aromatic heterocycles. The lowest BCUT2D eigenvalue weighted by Gasteiger charge is -2.27. The lowest BCUT2D eigenvalue weighted by molar-refractivity contribution is -0.122. The standard InChI is InChI=1S/C20H16N2O3/c1-14-8-5-6-13-17(14)22-19(24)16(18(23)21-20(22)25)12-7-11-15-9-3-2-4-10-15/h2-13H,1H3,(H,21,23,25). The largest absolute Gasteiger partial charge is 0.335 e. The SMILES string of the molecule is Cc1ccccc1N1C(=O)NC(=O)C(=CC=Cc2ccccc2)C1=O. The molecule has 1 saturated heterocycles. The van der Waals surface area contributed by atoms with E-state index >= 15 is 0 Å². The summed E-state index contributed by atoms with van der Waals surface area (Å²) < 4.78 is 0. The lowest BCUT2D eigenvalue weighted by Crippen LogP contribution is -2.54. The van der Waals surface area contributed by atoms with Gasteiger partial charge in [0.2, 0.25) is 0 Å². The molecule has 25 heavy (non-hydrogen) atoms. The number of anilines is 1. The molecule has 5 nitrogen and oxygen atoms in total. The summed E-state index contributed by atoms with van der Waals surface area (Å²) in [7, 11) is 0. The van der Waals surface area contributed by atoms with Gasteiger partial charge in [0.05, 0.1) is 5.69 Å². The monoisotopic (exact) mass is 332 g/mol. The Morgan fingerprint density at radius 3 is 2.32 bits per heavy atom. The second-order valence-corrected chi connectivity index (χ2v) is 5.54. The number of barbiturate groups is 1. The minimum atomic E-state index is -0.742. The van der Waals surface area contributed by atoms with Gasteiger partial charge < -0.3 is 0 Å². The Hall–Kier alpha value is -3.47. The van der Waals surface area contributed by atoms with Gasteiger partial charge in [-0.1, -0.05) is 60.7 Å². The van der Waals surface area contributed by atoms with Crippen LogP contribution < -0.4 is 10.2 Å². The van der Waals surface area contributed by atoms with E-state index in [0.29, 0.717) is 5.69 Å². The van der Waals surface area contributed by atoms with E-state index < -0.39 is 17.8 Å². The fraction of sp³-hybridized carbons (Fsp3) is 0.0500. The third-order valence-corrected chi connectivity index (χ3v) is 3.81. The maximum absolute atomic E-state index is 12.7. The van der Waals surface area contributed by atoms with E-state index in [0.717, 1.165) is 16.0 Å². The van der Waals surface area contributed by atoms with Crippen LogP contribution in [0.25, 0.3) is 6.08 Å². The minimum Gasteiger partial charge on any atom is -0.273 e. The van der Waals surface area contributed by atoms with Crippen LogP contribution in [-0.4, -0.2) is 17.8 Å². The lowest BCUT2D eigenvalue weighted by atomic mass is 10.1. The van der Waals surface area contributed by atoms with E-state index in [1.807, 2.05) is 36.4 Å². The van der Waals surface area contributed by atoms with Gasteiger partial charge >= 0.3 is 6.03 Å². The number of hydrogen-bond donors (Lipinski definition) is 1. The van der Waals surface area contributed by atoms with Crippen molar-refractivity contribution in [2.75, 3.05) is 4.90 Å². The van der Waals surface area contributed by atoms with Crippen LogP contribution >= 0.6 is 0 Å². The molecular weight excluding hydrogens is 316 g/mol. The normalized spacial score (nSPS) is 16.6. The Bertz CT molecular complexity index is 898. The van der Waals surface area contributed by atoms with Crippen molar-refractivity contribution < 1.29 is 14.4 Å². The molecule has 5 heteroatoms. The Labute approximate surface area is 145 Å². The summed E-state index contributed by atoms with van der Waals surface area (Å²) >= 11 is 0. The zero-order valence-electron chi connectivity index (χ0n) is 13.6. The van der Waals surface area contributed by atoms with E-state index in [1.165, 1.54) is 6.08 Å². The fourth-order valence-corrected chi connectivity index (χ4v) is 2.53. The van der Waals surface area contributed by atoms with Crippen LogP contribution in [0.3, 0.4) is 0 Å². The number of allylic oxidation sites excluding steroid dienone is 2. The fourth-order valence-electron chi connectivity index (χ4n) is 2.53. The van der Waals surface area contributed by atoms with Gasteiger partial charge in [-0.3, -0.25) is 14.9 Å². The summed E-state index contributed by atoms with van der Waals surface area (Å²) in [5.41, 5.74) is 2.07. The quantitative estimate of drug-likeness (QED) is 0.693. The number of carbonyl (C=O) groups is 3. The molecule has 1 N–H and O–H groups in total. The first-order chi connectivity index (χ1) is 12.1. The zero-order valence-corrected chi connectivity index (χ0v) is 13.6. The number of imide groups is 2. The van der Waals surface area contributed by atoms with Gasteiger partial charge in [-0.05, 0) is 30.2 Å². The molecule has 2 aromatic rings. The number of nitrogens with zero attached hydrogens (tertiary/aromatic N) is 1. The number of hydrogen-bond acceptors (Lipinski definition) is 3. The van der Waals surface area contributed by atoms with Crippen LogP contribution in [0.2, 0.25) is 0 Å². The molecular formula is C20H16N2O3. The smallest absolute Gasteiger partial charge is 0.273 e. The highest BCUT2D eigenvalue weighted by Crippen LogP contribution is 2.23. The van der Waals surface area contributed by atoms with Crippen molar-refractivity contribution in [1.29, 1.82) is 0 Å². The molecule has 124 valence electrons. The molecule has 2 aromatic carbocycles. The van der Waals surface area contributed by atoms with Crippen molar-refractivity contribution in [2.24, 2.45) is 0 Å². The maximum atomic E-state index is 12.7. The minimum absolute atomic E-state index is 0.0879. The molecule has 0 spiro atoms. The van der Waals surface area contributed by atoms with Gasteiger partial charge in [0.1, 0.15) is 5.57 Å². The highest BCUT2D eigenvalue weighted by atomic mass is 16.2. The number of benzene rings is 2. The van der Waals surface area contributed by atoms with Gasteiger partial charge in [0, 0.05) is 0 Å². The molecule has 0 saturated carbocycles. The average molecular weight is 332 g/mol. The van der Waals surface area contributed by atoms with Gasteiger partial charge in [0.25, 0.3) is 11.8 Å². The van der Waals surface area contributed by atoms with Crippen LogP contribution in [0.4, 0.5) is 10.5 Å². The number of nitrogens with one attached hydrogen (secondary N) is 1. The number of para-hydroxylation sites is 1. The van der Waals surface area contributed by atoms with Gasteiger partial charge in [0.15, 0.2) is 0 Å². The number of urea groups is 1. The van der Waals surface area contributed by atoms with Crippen molar-refractivity contribution in [3.8, 4) is 0 Å². The highest BCUT2D eigenvalue weighted by molar-refractivity contribution is 6.37. The number of carbonyl (C=O) groups excluding carboxylic acids is 3. The molecule has 1 aliphatic heterocycles. The van der Waals surface area contributed by atoms with Gasteiger partial charge in [-0.25, -0.2) is 9.69 Å². The van der Waals surface area contributed by atoms with Crippen LogP contribution in [0, 0.1) is 6.92 Å². The molecule has 4 amide bonds. The topological polar surface area (TPSA) is 66.5 Å². The van der Waals surface area contributed by atoms with E-state index in [4.69, 9.17) is 0 Å². The first kappa shape index (κ1) is 16.4. The Kier molecular flexibility index (Phi) is 4.57. The molecule has 1 heterocycles. The summed E-state index contributed by atoms with van der Waals surface area (Å²) in [4.78, 5) is 37.8. The molecule has 0 aliphatic carbocycles. The second-order valence-electron chi connectivity index (χ2n) is 5.54. The van der Waals surface area contributed by atoms with Crippen LogP contribution in [0.15, 0.2) is 72.3 Å². The van der Waals surface area contributed by atoms with Crippen LogP contribution in [-0.2, 0) is 9.59 Å². The summed E-state index contributed by atoms with van der Waals surface area (Å²) in [6, 6.07) is 15.8.